The average Bonchev–Trinajstić information content (AvgIpc) is 3.00. The average molecular weight is 665 g/mol. The molecule has 0 aliphatic carbocycles. The van der Waals surface area contributed by atoms with E-state index in [1.165, 1.54) is 26.0 Å². The second kappa shape index (κ2) is 23.1. The van der Waals surface area contributed by atoms with E-state index in [2.05, 4.69) is 10.6 Å². The summed E-state index contributed by atoms with van der Waals surface area (Å²) in [7, 11) is 0. The van der Waals surface area contributed by atoms with Gasteiger partial charge in [0.05, 0.1) is 13.2 Å². The Morgan fingerprint density at radius 2 is 1.13 bits per heavy atom. The number of Topliss-reactive ketones (excluding diaryl/α,β-unsaturated/α-hetero) is 2. The summed E-state index contributed by atoms with van der Waals surface area (Å²) in [6.45, 7) is 4.78. The number of unbranched alkanes of at least 4 members (excludes halogenated alkanes) is 4. The molecule has 0 bridgehead atoms. The van der Waals surface area contributed by atoms with Crippen LogP contribution in [0, 0.1) is 0 Å². The number of rotatable bonds is 25. The molecule has 3 N–H and O–H groups in total. The zero-order valence-corrected chi connectivity index (χ0v) is 27.6. The first kappa shape index (κ1) is 40.7. The zero-order chi connectivity index (χ0) is 35.1. The van der Waals surface area contributed by atoms with Crippen LogP contribution >= 0.6 is 0 Å². The lowest BCUT2D eigenvalue weighted by Gasteiger charge is -2.15. The molecular weight excluding hydrogens is 616 g/mol. The van der Waals surface area contributed by atoms with E-state index in [9.17, 15) is 38.7 Å². The number of carbonyl (C=O) groups excluding carboxylic acids is 7. The van der Waals surface area contributed by atoms with Crippen LogP contribution in [0.5, 0.6) is 5.75 Å². The van der Waals surface area contributed by atoms with Crippen LogP contribution in [0.2, 0.25) is 0 Å². The number of benzene rings is 1. The van der Waals surface area contributed by atoms with Gasteiger partial charge in [-0.15, -0.1) is 0 Å². The number of nitrogens with one attached hydrogen (secondary N) is 2. The third kappa shape index (κ3) is 21.2. The summed E-state index contributed by atoms with van der Waals surface area (Å²) in [4.78, 5) is 82.1. The molecule has 0 aliphatic heterocycles. The van der Waals surface area contributed by atoms with Crippen LogP contribution in [-0.2, 0) is 43.0 Å². The van der Waals surface area contributed by atoms with Gasteiger partial charge in [-0.3, -0.25) is 28.8 Å². The van der Waals surface area contributed by atoms with Crippen molar-refractivity contribution in [3.63, 3.8) is 0 Å². The van der Waals surface area contributed by atoms with E-state index in [1.54, 1.807) is 19.1 Å². The molecule has 0 saturated heterocycles. The monoisotopic (exact) mass is 664 g/mol. The topological polar surface area (TPSA) is 201 Å². The van der Waals surface area contributed by atoms with Crippen molar-refractivity contribution >= 4 is 41.3 Å². The second-order valence-corrected chi connectivity index (χ2v) is 11.3. The summed E-state index contributed by atoms with van der Waals surface area (Å²) in [6.07, 6.45) is 3.93. The quantitative estimate of drug-likeness (QED) is 0.0454. The lowest BCUT2D eigenvalue weighted by Crippen LogP contribution is -2.36. The highest BCUT2D eigenvalue weighted by Gasteiger charge is 2.25. The Labute approximate surface area is 275 Å². The fourth-order valence-electron chi connectivity index (χ4n) is 3.91. The highest BCUT2D eigenvalue weighted by molar-refractivity contribution is 6.01. The van der Waals surface area contributed by atoms with Crippen LogP contribution in [0.4, 0.5) is 0 Å². The molecule has 0 fully saturated rings. The maximum atomic E-state index is 12.0. The van der Waals surface area contributed by atoms with Crippen molar-refractivity contribution in [1.82, 2.24) is 10.6 Å². The SMILES string of the molecule is CC(=O)CCCCCOC(=O)CCCCCOC(=O)CC(=O)NCCNC(=O)CC(=O)OCCOc1ccc(C(=O)C(C)(C)O)cc1. The Bertz CT molecular complexity index is 1180. The minimum atomic E-state index is -1.49. The van der Waals surface area contributed by atoms with E-state index in [4.69, 9.17) is 18.9 Å². The molecule has 0 aliphatic rings. The first-order valence-electron chi connectivity index (χ1n) is 15.8. The van der Waals surface area contributed by atoms with Crippen LogP contribution < -0.4 is 15.4 Å². The molecule has 14 heteroatoms. The number of aliphatic hydroxyl groups is 1. The first-order valence-corrected chi connectivity index (χ1v) is 15.8. The predicted octanol–water partition coefficient (Wildman–Crippen LogP) is 2.37. The summed E-state index contributed by atoms with van der Waals surface area (Å²) in [6, 6.07) is 6.12. The molecule has 1 rings (SSSR count). The molecular formula is C33H48N2O12. The lowest BCUT2D eigenvalue weighted by atomic mass is 9.97. The van der Waals surface area contributed by atoms with E-state index in [1.807, 2.05) is 0 Å². The smallest absolute Gasteiger partial charge is 0.315 e. The van der Waals surface area contributed by atoms with E-state index in [0.29, 0.717) is 43.6 Å². The largest absolute Gasteiger partial charge is 0.490 e. The van der Waals surface area contributed by atoms with Crippen LogP contribution in [0.3, 0.4) is 0 Å². The van der Waals surface area contributed by atoms with E-state index >= 15 is 0 Å². The van der Waals surface area contributed by atoms with Gasteiger partial charge in [-0.2, -0.15) is 0 Å². The van der Waals surface area contributed by atoms with E-state index in [-0.39, 0.29) is 51.1 Å². The van der Waals surface area contributed by atoms with Crippen LogP contribution in [-0.4, -0.2) is 91.5 Å². The number of carbonyl (C=O) groups is 7. The Kier molecular flexibility index (Phi) is 20.0. The van der Waals surface area contributed by atoms with Gasteiger partial charge in [-0.25, -0.2) is 0 Å². The predicted molar refractivity (Wildman–Crippen MR) is 168 cm³/mol. The highest BCUT2D eigenvalue weighted by Crippen LogP contribution is 2.17. The van der Waals surface area contributed by atoms with Crippen molar-refractivity contribution in [3.05, 3.63) is 29.8 Å². The normalized spacial score (nSPS) is 10.8. The Hall–Kier alpha value is -4.33. The molecule has 0 heterocycles. The third-order valence-corrected chi connectivity index (χ3v) is 6.39. The number of ether oxygens (including phenoxy) is 4. The maximum Gasteiger partial charge on any atom is 0.315 e. The summed E-state index contributed by atoms with van der Waals surface area (Å²) < 4.78 is 20.6. The molecule has 262 valence electrons. The van der Waals surface area contributed by atoms with Gasteiger partial charge in [-0.1, -0.05) is 0 Å². The molecule has 0 saturated carbocycles. The van der Waals surface area contributed by atoms with Gasteiger partial charge in [0.2, 0.25) is 11.8 Å². The molecule has 2 amide bonds. The van der Waals surface area contributed by atoms with Gasteiger partial charge in [0, 0.05) is 31.5 Å². The highest BCUT2D eigenvalue weighted by atomic mass is 16.6. The van der Waals surface area contributed by atoms with Crippen molar-refractivity contribution in [1.29, 1.82) is 0 Å². The Balaban J connectivity index is 2.02. The fraction of sp³-hybridized carbons (Fsp3) is 0.606. The van der Waals surface area contributed by atoms with Crippen molar-refractivity contribution in [3.8, 4) is 5.75 Å². The van der Waals surface area contributed by atoms with Crippen molar-refractivity contribution in [2.24, 2.45) is 0 Å². The standard InChI is InChI=1S/C33H48N2O12/c1-24(36)10-6-4-8-18-45-29(39)11-7-5-9-19-46-30(40)22-27(37)34-16-17-35-28(38)23-31(41)47-21-20-44-26-14-12-25(13-15-26)32(42)33(2,3)43/h12-15,43H,4-11,16-23H2,1-3H3,(H,34,37)(H,35,38). The maximum absolute atomic E-state index is 12.0. The zero-order valence-electron chi connectivity index (χ0n) is 27.6. The van der Waals surface area contributed by atoms with E-state index < -0.39 is 48.0 Å². The number of esters is 3. The molecule has 0 radical (unpaired) electrons. The number of amides is 2. The summed E-state index contributed by atoms with van der Waals surface area (Å²) in [5, 5.41) is 14.7. The molecule has 1 aromatic carbocycles. The first-order chi connectivity index (χ1) is 22.3. The summed E-state index contributed by atoms with van der Waals surface area (Å²) >= 11 is 0. The van der Waals surface area contributed by atoms with Gasteiger partial charge >= 0.3 is 17.9 Å². The van der Waals surface area contributed by atoms with Crippen LogP contribution in [0.1, 0.15) is 95.3 Å². The van der Waals surface area contributed by atoms with Crippen molar-refractivity contribution in [2.75, 3.05) is 39.5 Å². The van der Waals surface area contributed by atoms with Crippen molar-refractivity contribution < 1.29 is 57.6 Å². The van der Waals surface area contributed by atoms with E-state index in [0.717, 1.165) is 19.3 Å². The molecule has 47 heavy (non-hydrogen) atoms. The number of ketones is 2. The summed E-state index contributed by atoms with van der Waals surface area (Å²) in [5.74, 6) is -2.77. The molecule has 0 unspecified atom stereocenters. The number of hydrogen-bond donors (Lipinski definition) is 3. The van der Waals surface area contributed by atoms with Gasteiger partial charge < -0.3 is 39.5 Å². The molecule has 0 spiro atoms. The van der Waals surface area contributed by atoms with Gasteiger partial charge in [0.25, 0.3) is 0 Å². The molecule has 0 aromatic heterocycles. The fourth-order valence-corrected chi connectivity index (χ4v) is 3.91. The van der Waals surface area contributed by atoms with Gasteiger partial charge in [0.1, 0.15) is 43.2 Å². The van der Waals surface area contributed by atoms with Crippen molar-refractivity contribution in [2.45, 2.75) is 90.6 Å². The summed E-state index contributed by atoms with van der Waals surface area (Å²) in [5.41, 5.74) is -1.16. The lowest BCUT2D eigenvalue weighted by molar-refractivity contribution is -0.148. The Morgan fingerprint density at radius 1 is 0.638 bits per heavy atom. The third-order valence-electron chi connectivity index (χ3n) is 6.39. The number of hydrogen-bond acceptors (Lipinski definition) is 12. The van der Waals surface area contributed by atoms with Gasteiger partial charge in [0.15, 0.2) is 5.78 Å². The minimum absolute atomic E-state index is 0.0170. The molecule has 14 nitrogen and oxygen atoms in total. The van der Waals surface area contributed by atoms with Gasteiger partial charge in [-0.05, 0) is 83.6 Å². The molecule has 1 aromatic rings. The van der Waals surface area contributed by atoms with Crippen LogP contribution in [0.25, 0.3) is 0 Å². The minimum Gasteiger partial charge on any atom is -0.490 e. The Morgan fingerprint density at radius 3 is 1.64 bits per heavy atom. The molecule has 0 atom stereocenters. The second-order valence-electron chi connectivity index (χ2n) is 11.3. The van der Waals surface area contributed by atoms with Crippen LogP contribution in [0.15, 0.2) is 24.3 Å².